The van der Waals surface area contributed by atoms with Gasteiger partial charge < -0.3 is 10.1 Å². The van der Waals surface area contributed by atoms with Gasteiger partial charge in [0, 0.05) is 5.02 Å². The highest BCUT2D eigenvalue weighted by molar-refractivity contribution is 7.92. The number of halogens is 2. The largest absolute Gasteiger partial charge is 0.496 e. The number of benzene rings is 2. The number of anilines is 1. The molecule has 30 heavy (non-hydrogen) atoms. The minimum Gasteiger partial charge on any atom is -0.496 e. The van der Waals surface area contributed by atoms with Crippen molar-refractivity contribution in [3.05, 3.63) is 57.6 Å². The van der Waals surface area contributed by atoms with E-state index >= 15 is 0 Å². The lowest BCUT2D eigenvalue weighted by Gasteiger charge is -2.30. The Kier molecular flexibility index (Phi) is 8.02. The third-order valence-electron chi connectivity index (χ3n) is 4.78. The van der Waals surface area contributed by atoms with Gasteiger partial charge in [-0.05, 0) is 55.7 Å². The predicted molar refractivity (Wildman–Crippen MR) is 122 cm³/mol. The molecular formula is C21H26Cl2N2O4S. The molecule has 0 saturated carbocycles. The third kappa shape index (κ3) is 5.59. The molecule has 0 fully saturated rings. The van der Waals surface area contributed by atoms with Crippen molar-refractivity contribution in [3.8, 4) is 5.75 Å². The van der Waals surface area contributed by atoms with Gasteiger partial charge in [-0.3, -0.25) is 9.10 Å². The van der Waals surface area contributed by atoms with E-state index in [4.69, 9.17) is 27.9 Å². The van der Waals surface area contributed by atoms with E-state index in [0.717, 1.165) is 27.4 Å². The average molecular weight is 473 g/mol. The number of methoxy groups -OCH3 is 1. The summed E-state index contributed by atoms with van der Waals surface area (Å²) in [7, 11) is -2.21. The standard InChI is InChI=1S/C21H26Cl2N2O4S/c1-6-18(15-7-10-20(29-4)13(2)11-15)24-21(26)14(3)25(30(5,27)28)19-12-16(22)8-9-17(19)23/h7-12,14,18H,6H2,1-5H3,(H,24,26)/t14-,18-/m0/s1. The Hall–Kier alpha value is -1.96. The summed E-state index contributed by atoms with van der Waals surface area (Å²) in [4.78, 5) is 13.0. The van der Waals surface area contributed by atoms with E-state index in [9.17, 15) is 13.2 Å². The molecule has 0 aliphatic rings. The van der Waals surface area contributed by atoms with Crippen LogP contribution < -0.4 is 14.4 Å². The normalized spacial score (nSPS) is 13.4. The van der Waals surface area contributed by atoms with E-state index in [1.165, 1.54) is 19.1 Å². The summed E-state index contributed by atoms with van der Waals surface area (Å²) in [6.07, 6.45) is 1.65. The van der Waals surface area contributed by atoms with E-state index in [2.05, 4.69) is 5.32 Å². The molecule has 0 radical (unpaired) electrons. The van der Waals surface area contributed by atoms with Crippen molar-refractivity contribution >= 4 is 44.8 Å². The Balaban J connectivity index is 2.34. The summed E-state index contributed by atoms with van der Waals surface area (Å²) in [5, 5.41) is 3.44. The first-order chi connectivity index (χ1) is 14.0. The fraction of sp³-hybridized carbons (Fsp3) is 0.381. The van der Waals surface area contributed by atoms with Crippen LogP contribution >= 0.6 is 23.2 Å². The SMILES string of the molecule is CC[C@H](NC(=O)[C@H](C)N(c1cc(Cl)ccc1Cl)S(C)(=O)=O)c1ccc(OC)c(C)c1. The summed E-state index contributed by atoms with van der Waals surface area (Å²) >= 11 is 12.2. The molecule has 0 unspecified atom stereocenters. The van der Waals surface area contributed by atoms with E-state index in [1.807, 2.05) is 32.0 Å². The van der Waals surface area contributed by atoms with Crippen molar-refractivity contribution in [2.75, 3.05) is 17.7 Å². The fourth-order valence-electron chi connectivity index (χ4n) is 3.27. The Bertz CT molecular complexity index is 1030. The number of rotatable bonds is 8. The van der Waals surface area contributed by atoms with Crippen LogP contribution in [0.5, 0.6) is 5.75 Å². The minimum atomic E-state index is -3.81. The molecule has 9 heteroatoms. The molecule has 1 amide bonds. The quantitative estimate of drug-likeness (QED) is 0.602. The van der Waals surface area contributed by atoms with Crippen LogP contribution in [-0.4, -0.2) is 33.7 Å². The van der Waals surface area contributed by atoms with Crippen LogP contribution in [0.2, 0.25) is 10.0 Å². The van der Waals surface area contributed by atoms with Gasteiger partial charge in [-0.25, -0.2) is 8.42 Å². The fourth-order valence-corrected chi connectivity index (χ4v) is 4.87. The lowest BCUT2D eigenvalue weighted by atomic mass is 10.0. The number of carbonyl (C=O) groups is 1. The molecule has 0 saturated heterocycles. The molecule has 0 aliphatic carbocycles. The second-order valence-electron chi connectivity index (χ2n) is 7.03. The van der Waals surface area contributed by atoms with Gasteiger partial charge >= 0.3 is 0 Å². The lowest BCUT2D eigenvalue weighted by molar-refractivity contribution is -0.122. The number of sulfonamides is 1. The van der Waals surface area contributed by atoms with Crippen LogP contribution in [0.3, 0.4) is 0 Å². The molecule has 2 aromatic rings. The van der Waals surface area contributed by atoms with E-state index in [1.54, 1.807) is 13.2 Å². The zero-order chi connectivity index (χ0) is 22.6. The first kappa shape index (κ1) is 24.3. The number of hydrogen-bond donors (Lipinski definition) is 1. The molecular weight excluding hydrogens is 447 g/mol. The summed E-state index contributed by atoms with van der Waals surface area (Å²) in [5.74, 6) is 0.309. The Morgan fingerprint density at radius 3 is 2.40 bits per heavy atom. The summed E-state index contributed by atoms with van der Waals surface area (Å²) in [6.45, 7) is 5.38. The Morgan fingerprint density at radius 1 is 1.20 bits per heavy atom. The maximum Gasteiger partial charge on any atom is 0.244 e. The molecule has 1 N–H and O–H groups in total. The second-order valence-corrected chi connectivity index (χ2v) is 9.73. The van der Waals surface area contributed by atoms with Gasteiger partial charge in [0.15, 0.2) is 0 Å². The third-order valence-corrected chi connectivity index (χ3v) is 6.56. The van der Waals surface area contributed by atoms with Crippen molar-refractivity contribution in [1.82, 2.24) is 5.32 Å². The second kappa shape index (κ2) is 9.90. The number of carbonyl (C=O) groups excluding carboxylic acids is 1. The Labute approximate surface area is 188 Å². The smallest absolute Gasteiger partial charge is 0.244 e. The highest BCUT2D eigenvalue weighted by Gasteiger charge is 2.31. The van der Waals surface area contributed by atoms with Crippen molar-refractivity contribution in [3.63, 3.8) is 0 Å². The van der Waals surface area contributed by atoms with Gasteiger partial charge in [0.05, 0.1) is 30.1 Å². The zero-order valence-electron chi connectivity index (χ0n) is 17.6. The summed E-state index contributed by atoms with van der Waals surface area (Å²) < 4.78 is 31.3. The van der Waals surface area contributed by atoms with Crippen LogP contribution in [0.25, 0.3) is 0 Å². The van der Waals surface area contributed by atoms with E-state index < -0.39 is 22.0 Å². The van der Waals surface area contributed by atoms with Gasteiger partial charge in [0.2, 0.25) is 15.9 Å². The topological polar surface area (TPSA) is 75.7 Å². The molecule has 2 atom stereocenters. The van der Waals surface area contributed by atoms with E-state index in [-0.39, 0.29) is 16.8 Å². The number of amides is 1. The monoisotopic (exact) mass is 472 g/mol. The van der Waals surface area contributed by atoms with Crippen molar-refractivity contribution in [2.24, 2.45) is 0 Å². The Morgan fingerprint density at radius 2 is 1.87 bits per heavy atom. The average Bonchev–Trinajstić information content (AvgIpc) is 2.67. The van der Waals surface area contributed by atoms with Gasteiger partial charge in [-0.15, -0.1) is 0 Å². The first-order valence-corrected chi connectivity index (χ1v) is 12.0. The molecule has 0 spiro atoms. The number of nitrogens with zero attached hydrogens (tertiary/aromatic N) is 1. The highest BCUT2D eigenvalue weighted by Crippen LogP contribution is 2.32. The molecule has 2 rings (SSSR count). The van der Waals surface area contributed by atoms with Crippen molar-refractivity contribution in [1.29, 1.82) is 0 Å². The lowest BCUT2D eigenvalue weighted by Crippen LogP contribution is -2.48. The van der Waals surface area contributed by atoms with Crippen LogP contribution in [0.4, 0.5) is 5.69 Å². The van der Waals surface area contributed by atoms with Crippen LogP contribution in [0.1, 0.15) is 37.4 Å². The predicted octanol–water partition coefficient (Wildman–Crippen LogP) is 4.73. The van der Waals surface area contributed by atoms with Gasteiger partial charge in [-0.1, -0.05) is 42.3 Å². The maximum absolute atomic E-state index is 13.0. The number of hydrogen-bond acceptors (Lipinski definition) is 4. The molecule has 0 aliphatic heterocycles. The number of nitrogens with one attached hydrogen (secondary N) is 1. The number of aryl methyl sites for hydroxylation is 1. The first-order valence-electron chi connectivity index (χ1n) is 9.39. The molecule has 0 bridgehead atoms. The molecule has 6 nitrogen and oxygen atoms in total. The van der Waals surface area contributed by atoms with E-state index in [0.29, 0.717) is 11.4 Å². The number of ether oxygens (including phenoxy) is 1. The summed E-state index contributed by atoms with van der Waals surface area (Å²) in [5.41, 5.74) is 2.00. The van der Waals surface area contributed by atoms with Crippen LogP contribution in [0, 0.1) is 6.92 Å². The zero-order valence-corrected chi connectivity index (χ0v) is 19.9. The van der Waals surface area contributed by atoms with Crippen LogP contribution in [0.15, 0.2) is 36.4 Å². The van der Waals surface area contributed by atoms with Crippen molar-refractivity contribution < 1.29 is 17.9 Å². The van der Waals surface area contributed by atoms with Gasteiger partial charge in [-0.2, -0.15) is 0 Å². The molecule has 164 valence electrons. The highest BCUT2D eigenvalue weighted by atomic mass is 35.5. The maximum atomic E-state index is 13.0. The molecule has 2 aromatic carbocycles. The van der Waals surface area contributed by atoms with Crippen molar-refractivity contribution in [2.45, 2.75) is 39.3 Å². The minimum absolute atomic E-state index is 0.155. The van der Waals surface area contributed by atoms with Gasteiger partial charge in [0.1, 0.15) is 11.8 Å². The summed E-state index contributed by atoms with van der Waals surface area (Å²) in [6, 6.07) is 8.82. The molecule has 0 aromatic heterocycles. The van der Waals surface area contributed by atoms with Crippen LogP contribution in [-0.2, 0) is 14.8 Å². The van der Waals surface area contributed by atoms with Gasteiger partial charge in [0.25, 0.3) is 0 Å². The molecule has 0 heterocycles.